The molecule has 0 saturated heterocycles. The van der Waals surface area contributed by atoms with Gasteiger partial charge >= 0.3 is 5.69 Å². The Balaban J connectivity index is 1.53. The fourth-order valence-corrected chi connectivity index (χ4v) is 5.00. The summed E-state index contributed by atoms with van der Waals surface area (Å²) in [4.78, 5) is 42.5. The van der Waals surface area contributed by atoms with Crippen molar-refractivity contribution in [3.05, 3.63) is 92.6 Å². The van der Waals surface area contributed by atoms with Crippen LogP contribution >= 0.6 is 11.8 Å². The SMILES string of the molecule is CC(NC(=O)CCSc1nc2c(=O)n(C)c(=O)n(C)c2n1CCc1ccccc1)c1ccccc1. The van der Waals surface area contributed by atoms with E-state index in [1.807, 2.05) is 72.2 Å². The fraction of sp³-hybridized carbons (Fsp3) is 0.308. The standard InChI is InChI=1S/C26H29N5O3S/c1-18(20-12-8-5-9-13-20)27-21(32)15-17-35-25-28-22-23(29(2)26(34)30(3)24(22)33)31(25)16-14-19-10-6-4-7-11-19/h4-13,18H,14-17H2,1-3H3,(H,27,32). The second-order valence-corrected chi connectivity index (χ2v) is 9.52. The van der Waals surface area contributed by atoms with Crippen molar-refractivity contribution < 1.29 is 4.79 Å². The van der Waals surface area contributed by atoms with Gasteiger partial charge in [-0.25, -0.2) is 9.78 Å². The number of thioether (sulfide) groups is 1. The van der Waals surface area contributed by atoms with Gasteiger partial charge in [-0.1, -0.05) is 72.4 Å². The summed E-state index contributed by atoms with van der Waals surface area (Å²) < 4.78 is 4.46. The van der Waals surface area contributed by atoms with Gasteiger partial charge in [0.2, 0.25) is 5.91 Å². The van der Waals surface area contributed by atoms with Crippen molar-refractivity contribution in [2.75, 3.05) is 5.75 Å². The lowest BCUT2D eigenvalue weighted by atomic mass is 10.1. The molecule has 0 fully saturated rings. The number of carbonyl (C=O) groups excluding carboxylic acids is 1. The molecule has 0 saturated carbocycles. The number of aromatic nitrogens is 4. The summed E-state index contributed by atoms with van der Waals surface area (Å²) in [5.41, 5.74) is 2.14. The maximum Gasteiger partial charge on any atom is 0.332 e. The van der Waals surface area contributed by atoms with Gasteiger partial charge in [-0.2, -0.15) is 0 Å². The first-order chi connectivity index (χ1) is 16.9. The summed E-state index contributed by atoms with van der Waals surface area (Å²) in [6, 6.07) is 19.8. The largest absolute Gasteiger partial charge is 0.350 e. The predicted octanol–water partition coefficient (Wildman–Crippen LogP) is 3.04. The van der Waals surface area contributed by atoms with Crippen LogP contribution in [0.1, 0.15) is 30.5 Å². The minimum atomic E-state index is -0.419. The van der Waals surface area contributed by atoms with Crippen molar-refractivity contribution in [2.45, 2.75) is 37.5 Å². The third-order valence-electron chi connectivity index (χ3n) is 6.01. The number of fused-ring (bicyclic) bond motifs is 1. The summed E-state index contributed by atoms with van der Waals surface area (Å²) in [6.07, 6.45) is 1.03. The van der Waals surface area contributed by atoms with Crippen LogP contribution < -0.4 is 16.6 Å². The van der Waals surface area contributed by atoms with Gasteiger partial charge in [-0.05, 0) is 24.5 Å². The minimum Gasteiger partial charge on any atom is -0.350 e. The van der Waals surface area contributed by atoms with Gasteiger partial charge in [-0.3, -0.25) is 18.7 Å². The third-order valence-corrected chi connectivity index (χ3v) is 6.99. The number of carbonyl (C=O) groups is 1. The molecule has 4 rings (SSSR count). The molecule has 0 bridgehead atoms. The normalized spacial score (nSPS) is 12.1. The van der Waals surface area contributed by atoms with Crippen LogP contribution in [0.4, 0.5) is 0 Å². The Hall–Kier alpha value is -3.59. The zero-order chi connectivity index (χ0) is 24.9. The van der Waals surface area contributed by atoms with Crippen molar-refractivity contribution in [2.24, 2.45) is 14.1 Å². The van der Waals surface area contributed by atoms with Gasteiger partial charge in [-0.15, -0.1) is 0 Å². The predicted molar refractivity (Wildman–Crippen MR) is 139 cm³/mol. The number of hydrogen-bond donors (Lipinski definition) is 1. The Kier molecular flexibility index (Phi) is 7.55. The lowest BCUT2D eigenvalue weighted by molar-refractivity contribution is -0.121. The molecule has 0 aliphatic rings. The van der Waals surface area contributed by atoms with Crippen molar-refractivity contribution >= 4 is 28.8 Å². The second kappa shape index (κ2) is 10.8. The first kappa shape index (κ1) is 24.5. The van der Waals surface area contributed by atoms with Crippen LogP contribution in [-0.2, 0) is 31.9 Å². The highest BCUT2D eigenvalue weighted by Crippen LogP contribution is 2.23. The van der Waals surface area contributed by atoms with E-state index < -0.39 is 11.2 Å². The molecule has 0 aliphatic heterocycles. The Morgan fingerprint density at radius 2 is 1.66 bits per heavy atom. The topological polar surface area (TPSA) is 90.9 Å². The van der Waals surface area contributed by atoms with E-state index in [1.54, 1.807) is 7.05 Å². The molecule has 1 N–H and O–H groups in total. The maximum absolute atomic E-state index is 12.8. The van der Waals surface area contributed by atoms with E-state index in [-0.39, 0.29) is 17.5 Å². The number of rotatable bonds is 9. The first-order valence-electron chi connectivity index (χ1n) is 11.5. The molecule has 35 heavy (non-hydrogen) atoms. The van der Waals surface area contributed by atoms with Crippen molar-refractivity contribution in [3.8, 4) is 0 Å². The molecular formula is C26H29N5O3S. The second-order valence-electron chi connectivity index (χ2n) is 8.46. The van der Waals surface area contributed by atoms with Crippen LogP contribution in [0.5, 0.6) is 0 Å². The number of nitrogens with zero attached hydrogens (tertiary/aromatic N) is 4. The average Bonchev–Trinajstić information content (AvgIpc) is 3.24. The fourth-order valence-electron chi connectivity index (χ4n) is 4.04. The Bertz CT molecular complexity index is 1440. The molecule has 1 amide bonds. The van der Waals surface area contributed by atoms with Crippen molar-refractivity contribution in [1.29, 1.82) is 0 Å². The quantitative estimate of drug-likeness (QED) is 0.364. The van der Waals surface area contributed by atoms with Gasteiger partial charge in [0.05, 0.1) is 6.04 Å². The van der Waals surface area contributed by atoms with E-state index >= 15 is 0 Å². The highest BCUT2D eigenvalue weighted by atomic mass is 32.2. The summed E-state index contributed by atoms with van der Waals surface area (Å²) in [6.45, 7) is 2.51. The van der Waals surface area contributed by atoms with Crippen LogP contribution in [0.15, 0.2) is 75.4 Å². The Labute approximate surface area is 207 Å². The molecule has 0 aliphatic carbocycles. The zero-order valence-corrected chi connectivity index (χ0v) is 20.9. The summed E-state index contributed by atoms with van der Waals surface area (Å²) in [5.74, 6) is 0.445. The maximum atomic E-state index is 12.8. The number of nitrogens with one attached hydrogen (secondary N) is 1. The minimum absolute atomic E-state index is 0.0517. The molecule has 1 atom stereocenters. The number of benzene rings is 2. The lowest BCUT2D eigenvalue weighted by Crippen LogP contribution is -2.37. The van der Waals surface area contributed by atoms with Gasteiger partial charge in [0, 0.05) is 32.8 Å². The molecular weight excluding hydrogens is 462 g/mol. The third kappa shape index (κ3) is 5.40. The van der Waals surface area contributed by atoms with Crippen LogP contribution in [0, 0.1) is 0 Å². The Morgan fingerprint density at radius 1 is 1.00 bits per heavy atom. The molecule has 0 spiro atoms. The average molecular weight is 492 g/mol. The molecule has 1 unspecified atom stereocenters. The monoisotopic (exact) mass is 491 g/mol. The van der Waals surface area contributed by atoms with E-state index in [9.17, 15) is 14.4 Å². The molecule has 2 aromatic carbocycles. The van der Waals surface area contributed by atoms with E-state index in [1.165, 1.54) is 23.4 Å². The van der Waals surface area contributed by atoms with Crippen molar-refractivity contribution in [3.63, 3.8) is 0 Å². The highest BCUT2D eigenvalue weighted by molar-refractivity contribution is 7.99. The molecule has 0 radical (unpaired) electrons. The zero-order valence-electron chi connectivity index (χ0n) is 20.1. The highest BCUT2D eigenvalue weighted by Gasteiger charge is 2.19. The molecule has 9 heteroatoms. The van der Waals surface area contributed by atoms with Gasteiger partial charge in [0.15, 0.2) is 16.3 Å². The van der Waals surface area contributed by atoms with Gasteiger partial charge < -0.3 is 9.88 Å². The van der Waals surface area contributed by atoms with Crippen LogP contribution in [0.3, 0.4) is 0 Å². The van der Waals surface area contributed by atoms with Gasteiger partial charge in [0.25, 0.3) is 5.56 Å². The summed E-state index contributed by atoms with van der Waals surface area (Å²) in [7, 11) is 3.11. The Morgan fingerprint density at radius 3 is 2.34 bits per heavy atom. The number of aryl methyl sites for hydroxylation is 3. The van der Waals surface area contributed by atoms with Crippen molar-refractivity contribution in [1.82, 2.24) is 24.0 Å². The number of amides is 1. The van der Waals surface area contributed by atoms with E-state index in [0.717, 1.165) is 22.1 Å². The van der Waals surface area contributed by atoms with Gasteiger partial charge in [0.1, 0.15) is 0 Å². The van der Waals surface area contributed by atoms with Crippen LogP contribution in [0.2, 0.25) is 0 Å². The molecule has 182 valence electrons. The smallest absolute Gasteiger partial charge is 0.332 e. The number of hydrogen-bond acceptors (Lipinski definition) is 5. The molecule has 8 nitrogen and oxygen atoms in total. The molecule has 4 aromatic rings. The number of imidazole rings is 1. The summed E-state index contributed by atoms with van der Waals surface area (Å²) >= 11 is 1.42. The first-order valence-corrected chi connectivity index (χ1v) is 12.5. The van der Waals surface area contributed by atoms with E-state index in [4.69, 9.17) is 0 Å². The van der Waals surface area contributed by atoms with Crippen LogP contribution in [0.25, 0.3) is 11.2 Å². The summed E-state index contributed by atoms with van der Waals surface area (Å²) in [5, 5.41) is 3.65. The van der Waals surface area contributed by atoms with E-state index in [0.29, 0.717) is 29.5 Å². The molecule has 2 heterocycles. The molecule has 2 aromatic heterocycles. The lowest BCUT2D eigenvalue weighted by Gasteiger charge is -2.14. The van der Waals surface area contributed by atoms with Crippen LogP contribution in [-0.4, -0.2) is 30.3 Å². The van der Waals surface area contributed by atoms with E-state index in [2.05, 4.69) is 10.3 Å².